The van der Waals surface area contributed by atoms with E-state index in [9.17, 15) is 14.7 Å². The molecule has 5 rings (SSSR count). The van der Waals surface area contributed by atoms with Crippen LogP contribution in [-0.4, -0.2) is 73.8 Å². The summed E-state index contributed by atoms with van der Waals surface area (Å²) in [6, 6.07) is 16.0. The third kappa shape index (κ3) is 13.4. The lowest BCUT2D eigenvalue weighted by Crippen LogP contribution is -2.44. The number of aryl methyl sites for hydroxylation is 1. The number of halogens is 1. The Kier molecular flexibility index (Phi) is 19.2. The van der Waals surface area contributed by atoms with Crippen LogP contribution < -0.4 is 14.4 Å². The van der Waals surface area contributed by atoms with Gasteiger partial charge in [0.15, 0.2) is 0 Å². The zero-order valence-corrected chi connectivity index (χ0v) is 34.0. The van der Waals surface area contributed by atoms with E-state index < -0.39 is 6.10 Å². The fourth-order valence-electron chi connectivity index (χ4n) is 6.68. The van der Waals surface area contributed by atoms with Gasteiger partial charge in [0, 0.05) is 68.9 Å². The maximum absolute atomic E-state index is 11.5. The highest BCUT2D eigenvalue weighted by Crippen LogP contribution is 2.43. The zero-order valence-electron chi connectivity index (χ0n) is 32.5. The molecule has 0 bridgehead atoms. The van der Waals surface area contributed by atoms with Crippen molar-refractivity contribution in [3.8, 4) is 5.75 Å². The molecule has 1 saturated carbocycles. The minimum atomic E-state index is -0.546. The molecular weight excluding hydrogens is 708 g/mol. The Labute approximate surface area is 326 Å². The molecule has 3 aromatic rings. The second-order valence-corrected chi connectivity index (χ2v) is 14.6. The van der Waals surface area contributed by atoms with E-state index in [0.717, 1.165) is 72.1 Å². The first kappa shape index (κ1) is 43.8. The molecule has 9 nitrogen and oxygen atoms in total. The molecule has 2 aromatic carbocycles. The summed E-state index contributed by atoms with van der Waals surface area (Å²) in [6.45, 7) is 12.6. The van der Waals surface area contributed by atoms with Gasteiger partial charge in [-0.2, -0.15) is 0 Å². The number of nitrogens with one attached hydrogen (secondary N) is 1. The lowest BCUT2D eigenvalue weighted by molar-refractivity contribution is -0.127. The molecule has 11 heteroatoms. The summed E-state index contributed by atoms with van der Waals surface area (Å²) >= 11 is 7.64. The minimum absolute atomic E-state index is 0.0473. The molecule has 1 aromatic heterocycles. The summed E-state index contributed by atoms with van der Waals surface area (Å²) in [5.74, 6) is 2.06. The molecule has 1 aliphatic carbocycles. The quantitative estimate of drug-likeness (QED) is 0.0901. The van der Waals surface area contributed by atoms with Crippen LogP contribution in [0.5, 0.6) is 5.75 Å². The van der Waals surface area contributed by atoms with Crippen molar-refractivity contribution in [1.82, 2.24) is 14.6 Å². The zero-order chi connectivity index (χ0) is 38.8. The van der Waals surface area contributed by atoms with E-state index in [-0.39, 0.29) is 17.9 Å². The number of fused-ring (bicyclic) bond motifs is 1. The van der Waals surface area contributed by atoms with Crippen molar-refractivity contribution in [2.75, 3.05) is 45.3 Å². The van der Waals surface area contributed by atoms with Crippen LogP contribution in [0.1, 0.15) is 89.0 Å². The van der Waals surface area contributed by atoms with Gasteiger partial charge in [0.05, 0.1) is 24.5 Å². The van der Waals surface area contributed by atoms with E-state index in [1.807, 2.05) is 58.2 Å². The highest BCUT2D eigenvalue weighted by Gasteiger charge is 2.38. The van der Waals surface area contributed by atoms with Crippen molar-refractivity contribution in [2.45, 2.75) is 89.7 Å². The van der Waals surface area contributed by atoms with Gasteiger partial charge in [-0.15, -0.1) is 0 Å². The molecule has 0 saturated heterocycles. The first-order valence-electron chi connectivity index (χ1n) is 18.8. The van der Waals surface area contributed by atoms with Crippen LogP contribution in [0.3, 0.4) is 0 Å². The Morgan fingerprint density at radius 3 is 2.64 bits per heavy atom. The highest BCUT2D eigenvalue weighted by molar-refractivity contribution is 7.97. The number of aliphatic hydroxyl groups is 1. The topological polar surface area (TPSA) is 104 Å². The van der Waals surface area contributed by atoms with Crippen molar-refractivity contribution < 1.29 is 24.2 Å². The number of benzene rings is 2. The van der Waals surface area contributed by atoms with Gasteiger partial charge >= 0.3 is 0 Å². The van der Waals surface area contributed by atoms with E-state index in [1.165, 1.54) is 23.1 Å². The minimum Gasteiger partial charge on any atom is -0.491 e. The first-order chi connectivity index (χ1) is 25.6. The van der Waals surface area contributed by atoms with E-state index >= 15 is 0 Å². The molecule has 290 valence electrons. The summed E-state index contributed by atoms with van der Waals surface area (Å²) in [7, 11) is 3.63. The van der Waals surface area contributed by atoms with Crippen LogP contribution in [0.4, 0.5) is 5.69 Å². The predicted molar refractivity (Wildman–Crippen MR) is 218 cm³/mol. The fourth-order valence-corrected chi connectivity index (χ4v) is 7.32. The average Bonchev–Trinajstić information content (AvgIpc) is 3.34. The first-order valence-corrected chi connectivity index (χ1v) is 20.0. The Morgan fingerprint density at radius 2 is 2.02 bits per heavy atom. The number of amides is 2. The molecule has 0 spiro atoms. The number of rotatable bonds is 15. The second-order valence-electron chi connectivity index (χ2n) is 13.3. The molecule has 0 radical (unpaired) electrons. The Bertz CT molecular complexity index is 1580. The number of aromatic nitrogens is 1. The van der Waals surface area contributed by atoms with E-state index in [1.54, 1.807) is 31.3 Å². The van der Waals surface area contributed by atoms with Crippen molar-refractivity contribution in [2.24, 2.45) is 11.8 Å². The van der Waals surface area contributed by atoms with Gasteiger partial charge in [0.2, 0.25) is 12.3 Å². The van der Waals surface area contributed by atoms with Crippen LogP contribution in [0.25, 0.3) is 0 Å². The van der Waals surface area contributed by atoms with Crippen LogP contribution in [-0.2, 0) is 20.7 Å². The molecule has 2 amide bonds. The van der Waals surface area contributed by atoms with Gasteiger partial charge in [-0.1, -0.05) is 63.1 Å². The summed E-state index contributed by atoms with van der Waals surface area (Å²) < 4.78 is 14.9. The number of anilines is 1. The maximum atomic E-state index is 11.5. The predicted octanol–water partition coefficient (Wildman–Crippen LogP) is 8.66. The van der Waals surface area contributed by atoms with Gasteiger partial charge < -0.3 is 24.4 Å². The van der Waals surface area contributed by atoms with Crippen molar-refractivity contribution in [1.29, 1.82) is 0 Å². The molecule has 53 heavy (non-hydrogen) atoms. The third-order valence-electron chi connectivity index (χ3n) is 9.73. The van der Waals surface area contributed by atoms with E-state index in [4.69, 9.17) is 21.1 Å². The highest BCUT2D eigenvalue weighted by atomic mass is 35.5. The van der Waals surface area contributed by atoms with Crippen molar-refractivity contribution >= 4 is 41.6 Å². The molecule has 1 aliphatic heterocycles. The molecule has 2 N–H and O–H groups in total. The average molecular weight is 767 g/mol. The Morgan fingerprint density at radius 1 is 1.23 bits per heavy atom. The van der Waals surface area contributed by atoms with Gasteiger partial charge in [0.1, 0.15) is 5.75 Å². The lowest BCUT2D eigenvalue weighted by Gasteiger charge is -2.43. The summed E-state index contributed by atoms with van der Waals surface area (Å²) in [6.07, 6.45) is 13.0. The fraction of sp³-hybridized carbons (Fsp3) is 0.500. The molecule has 5 unspecified atom stereocenters. The van der Waals surface area contributed by atoms with Crippen LogP contribution in [0, 0.1) is 11.8 Å². The van der Waals surface area contributed by atoms with Crippen molar-refractivity contribution in [3.63, 3.8) is 0 Å². The normalized spacial score (nSPS) is 18.7. The number of nitrogens with zero attached hydrogens (tertiary/aromatic N) is 3. The third-order valence-corrected chi connectivity index (χ3v) is 10.7. The maximum Gasteiger partial charge on any atom is 0.219 e. The van der Waals surface area contributed by atoms with Crippen LogP contribution in [0.2, 0.25) is 5.02 Å². The smallest absolute Gasteiger partial charge is 0.219 e. The molecule has 1 fully saturated rings. The van der Waals surface area contributed by atoms with E-state index in [0.29, 0.717) is 31.4 Å². The standard InChI is InChI=1S/C34H47ClN2O4.C6H6N2OS.C2H6/c1-6-9-26-18-29(35)13-15-30(26)28-21-37(32-19-25(23(2)38)12-16-34(32)41-22-28)20-27-11-14-31(27)33(40-5)10-7-8-17-36(4)24(3)39;9-5-8-10-6-2-1-3-7-4-6;1-2/h7,10,12-13,15-16,18-19,23,27-28,31,33,38H,6,8-9,11,14,17,20-22H2,1-5H3;1-5H,(H,8,9);1-2H3/b10-7+;;. The number of methoxy groups -OCH3 is 1. The van der Waals surface area contributed by atoms with Crippen LogP contribution >= 0.6 is 23.5 Å². The number of pyridine rings is 1. The van der Waals surface area contributed by atoms with Gasteiger partial charge in [-0.3, -0.25) is 19.3 Å². The summed E-state index contributed by atoms with van der Waals surface area (Å²) in [5, 5.41) is 11.1. The number of hydrogen-bond donors (Lipinski definition) is 2. The lowest BCUT2D eigenvalue weighted by atomic mass is 9.70. The molecule has 2 heterocycles. The monoisotopic (exact) mass is 766 g/mol. The summed E-state index contributed by atoms with van der Waals surface area (Å²) in [4.78, 5) is 30.4. The molecule has 5 atom stereocenters. The number of carbonyl (C=O) groups excluding carboxylic acids is 2. The van der Waals surface area contributed by atoms with Crippen LogP contribution in [0.15, 0.2) is 78.0 Å². The number of hydrogen-bond acceptors (Lipinski definition) is 8. The van der Waals surface area contributed by atoms with Crippen molar-refractivity contribution in [3.05, 3.63) is 94.8 Å². The van der Waals surface area contributed by atoms with Gasteiger partial charge in [-0.05, 0) is 109 Å². The van der Waals surface area contributed by atoms with Gasteiger partial charge in [-0.25, -0.2) is 0 Å². The number of ether oxygens (including phenoxy) is 2. The Hall–Kier alpha value is -3.57. The number of carbonyl (C=O) groups is 2. The largest absolute Gasteiger partial charge is 0.491 e. The SMILES string of the molecule is CC.CCCc1cc(Cl)ccc1C1COc2ccc(C(C)O)cc2N(CC2CCC2C(/C=C/CCN(C)C(C)=O)OC)C1.O=CNSc1cccnc1. The van der Waals surface area contributed by atoms with Gasteiger partial charge in [0.25, 0.3) is 0 Å². The van der Waals surface area contributed by atoms with E-state index in [2.05, 4.69) is 51.9 Å². The second kappa shape index (κ2) is 23.3. The molecular formula is C42H59ClN4O5S. The summed E-state index contributed by atoms with van der Waals surface area (Å²) in [5.41, 5.74) is 4.56. The molecule has 2 aliphatic rings. The number of aliphatic hydroxyl groups excluding tert-OH is 1. The Balaban J connectivity index is 0.000000539.